The third-order valence-electron chi connectivity index (χ3n) is 2.04. The second-order valence-corrected chi connectivity index (χ2v) is 4.28. The van der Waals surface area contributed by atoms with Crippen LogP contribution in [-0.4, -0.2) is 40.3 Å². The maximum Gasteiger partial charge on any atom is 0.331 e. The number of amides is 3. The molecule has 4 nitrogen and oxygen atoms in total. The molecule has 1 rings (SSSR count). The fourth-order valence-corrected chi connectivity index (χ4v) is 1.56. The van der Waals surface area contributed by atoms with E-state index in [0.717, 1.165) is 4.90 Å². The Hall–Kier alpha value is -0.970. The van der Waals surface area contributed by atoms with Crippen molar-refractivity contribution in [3.63, 3.8) is 0 Å². The molecule has 0 unspecified atom stereocenters. The zero-order valence-corrected chi connectivity index (χ0v) is 9.43. The first-order valence-corrected chi connectivity index (χ1v) is 4.95. The molecule has 1 aliphatic heterocycles. The van der Waals surface area contributed by atoms with Crippen LogP contribution in [0.15, 0.2) is 0 Å². The summed E-state index contributed by atoms with van der Waals surface area (Å²) >= 11 is 5.01. The van der Waals surface area contributed by atoms with Gasteiger partial charge in [-0.3, -0.25) is 14.6 Å². The van der Waals surface area contributed by atoms with Gasteiger partial charge in [-0.05, 0) is 5.92 Å². The average Bonchev–Trinajstić information content (AvgIpc) is 2.09. The Balaban J connectivity index is 2.79. The molecule has 0 aromatic heterocycles. The Bertz CT molecular complexity index is 289. The quantitative estimate of drug-likeness (QED) is 0.650. The van der Waals surface area contributed by atoms with Gasteiger partial charge >= 0.3 is 6.03 Å². The molecule has 5 heteroatoms. The Morgan fingerprint density at radius 3 is 2.50 bits per heavy atom. The third-order valence-corrected chi connectivity index (χ3v) is 2.41. The maximum atomic E-state index is 11.6. The van der Waals surface area contributed by atoms with Crippen LogP contribution in [0.2, 0.25) is 0 Å². The Labute approximate surface area is 88.9 Å². The number of imide groups is 1. The minimum absolute atomic E-state index is 0.171. The smallest absolute Gasteiger partial charge is 0.287 e. The van der Waals surface area contributed by atoms with Gasteiger partial charge in [-0.1, -0.05) is 26.1 Å². The van der Waals surface area contributed by atoms with Gasteiger partial charge in [0.1, 0.15) is 0 Å². The highest BCUT2D eigenvalue weighted by Crippen LogP contribution is 2.13. The van der Waals surface area contributed by atoms with Crippen molar-refractivity contribution in [2.24, 2.45) is 5.92 Å². The molecule has 1 saturated heterocycles. The lowest BCUT2D eigenvalue weighted by Crippen LogP contribution is -2.53. The lowest BCUT2D eigenvalue weighted by atomic mass is 10.2. The first-order valence-electron chi connectivity index (χ1n) is 4.54. The zero-order valence-electron chi connectivity index (χ0n) is 8.61. The molecule has 0 aromatic rings. The van der Waals surface area contributed by atoms with E-state index in [9.17, 15) is 9.59 Å². The van der Waals surface area contributed by atoms with Crippen LogP contribution in [0.25, 0.3) is 0 Å². The van der Waals surface area contributed by atoms with E-state index in [4.69, 9.17) is 12.2 Å². The molecule has 0 bridgehead atoms. The van der Waals surface area contributed by atoms with Gasteiger partial charge in [0.25, 0.3) is 0 Å². The average molecular weight is 214 g/mol. The highest BCUT2D eigenvalue weighted by Gasteiger charge is 2.32. The van der Waals surface area contributed by atoms with Gasteiger partial charge in [0, 0.05) is 13.6 Å². The SMILES string of the molecule is CC(C)CN1C(=O)N(C)C(=O)CC1=S. The number of thiocarbonyl (C=S) groups is 1. The monoisotopic (exact) mass is 214 g/mol. The summed E-state index contributed by atoms with van der Waals surface area (Å²) in [6.45, 7) is 4.59. The molecule has 0 saturated carbocycles. The topological polar surface area (TPSA) is 40.6 Å². The van der Waals surface area contributed by atoms with Crippen molar-refractivity contribution in [1.29, 1.82) is 0 Å². The first-order chi connectivity index (χ1) is 6.43. The van der Waals surface area contributed by atoms with Crippen molar-refractivity contribution in [3.8, 4) is 0 Å². The third kappa shape index (κ3) is 2.09. The molecule has 0 spiro atoms. The molecule has 0 aliphatic carbocycles. The van der Waals surface area contributed by atoms with E-state index >= 15 is 0 Å². The Kier molecular flexibility index (Phi) is 3.21. The second-order valence-electron chi connectivity index (χ2n) is 3.81. The lowest BCUT2D eigenvalue weighted by molar-refractivity contribution is -0.127. The van der Waals surface area contributed by atoms with Gasteiger partial charge in [-0.25, -0.2) is 4.79 Å². The molecule has 1 aliphatic rings. The van der Waals surface area contributed by atoms with Crippen LogP contribution in [0.3, 0.4) is 0 Å². The highest BCUT2D eigenvalue weighted by atomic mass is 32.1. The highest BCUT2D eigenvalue weighted by molar-refractivity contribution is 7.80. The van der Waals surface area contributed by atoms with Gasteiger partial charge in [-0.15, -0.1) is 0 Å². The fraction of sp³-hybridized carbons (Fsp3) is 0.667. The standard InChI is InChI=1S/C9H14N2O2S/c1-6(2)5-11-8(14)4-7(12)10(3)9(11)13/h6H,4-5H2,1-3H3. The van der Waals surface area contributed by atoms with E-state index in [-0.39, 0.29) is 18.4 Å². The molecule has 0 aromatic carbocycles. The number of urea groups is 1. The van der Waals surface area contributed by atoms with Gasteiger partial charge < -0.3 is 0 Å². The summed E-state index contributed by atoms with van der Waals surface area (Å²) in [5, 5.41) is 0. The number of nitrogens with zero attached hydrogens (tertiary/aromatic N) is 2. The van der Waals surface area contributed by atoms with Crippen molar-refractivity contribution in [1.82, 2.24) is 9.80 Å². The van der Waals surface area contributed by atoms with E-state index in [1.165, 1.54) is 11.9 Å². The summed E-state index contributed by atoms with van der Waals surface area (Å²) < 4.78 is 0. The van der Waals surface area contributed by atoms with Crippen molar-refractivity contribution in [3.05, 3.63) is 0 Å². The first kappa shape index (κ1) is 11.1. The lowest BCUT2D eigenvalue weighted by Gasteiger charge is -2.33. The molecular weight excluding hydrogens is 200 g/mol. The minimum atomic E-state index is -0.306. The van der Waals surface area contributed by atoms with Crippen molar-refractivity contribution in [2.75, 3.05) is 13.6 Å². The molecule has 1 fully saturated rings. The summed E-state index contributed by atoms with van der Waals surface area (Å²) in [5.74, 6) is 0.124. The second kappa shape index (κ2) is 4.04. The van der Waals surface area contributed by atoms with E-state index in [1.807, 2.05) is 13.8 Å². The van der Waals surface area contributed by atoms with E-state index in [1.54, 1.807) is 0 Å². The van der Waals surface area contributed by atoms with Gasteiger partial charge in [0.2, 0.25) is 5.91 Å². The van der Waals surface area contributed by atoms with Crippen LogP contribution in [0.5, 0.6) is 0 Å². The maximum absolute atomic E-state index is 11.6. The predicted molar refractivity (Wildman–Crippen MR) is 56.9 cm³/mol. The molecule has 0 atom stereocenters. The van der Waals surface area contributed by atoms with Gasteiger partial charge in [0.15, 0.2) is 0 Å². The Morgan fingerprint density at radius 2 is 2.00 bits per heavy atom. The number of hydrogen-bond acceptors (Lipinski definition) is 3. The zero-order chi connectivity index (χ0) is 10.9. The number of carbonyl (C=O) groups is 2. The normalized spacial score (nSPS) is 18.4. The molecular formula is C9H14N2O2S. The van der Waals surface area contributed by atoms with Crippen LogP contribution in [0.1, 0.15) is 20.3 Å². The molecule has 1 heterocycles. The van der Waals surface area contributed by atoms with Gasteiger partial charge in [-0.2, -0.15) is 0 Å². The summed E-state index contributed by atoms with van der Waals surface area (Å²) in [4.78, 5) is 25.9. The number of rotatable bonds is 2. The van der Waals surface area contributed by atoms with E-state index < -0.39 is 0 Å². The van der Waals surface area contributed by atoms with Crippen LogP contribution < -0.4 is 0 Å². The van der Waals surface area contributed by atoms with Crippen molar-refractivity contribution >= 4 is 29.1 Å². The van der Waals surface area contributed by atoms with Crippen LogP contribution in [0, 0.1) is 5.92 Å². The Morgan fingerprint density at radius 1 is 1.43 bits per heavy atom. The fourth-order valence-electron chi connectivity index (χ4n) is 1.28. The van der Waals surface area contributed by atoms with Crippen molar-refractivity contribution < 1.29 is 9.59 Å². The summed E-state index contributed by atoms with van der Waals surface area (Å²) in [6.07, 6.45) is 0.171. The van der Waals surface area contributed by atoms with Crippen molar-refractivity contribution in [2.45, 2.75) is 20.3 Å². The molecule has 14 heavy (non-hydrogen) atoms. The van der Waals surface area contributed by atoms with Gasteiger partial charge in [0.05, 0.1) is 11.4 Å². The largest absolute Gasteiger partial charge is 0.331 e. The van der Waals surface area contributed by atoms with E-state index in [0.29, 0.717) is 17.5 Å². The van der Waals surface area contributed by atoms with E-state index in [2.05, 4.69) is 0 Å². The predicted octanol–water partition coefficient (Wildman–Crippen LogP) is 1.25. The van der Waals surface area contributed by atoms with Crippen LogP contribution >= 0.6 is 12.2 Å². The molecule has 78 valence electrons. The van der Waals surface area contributed by atoms with Crippen LogP contribution in [0.4, 0.5) is 4.79 Å². The number of carbonyl (C=O) groups excluding carboxylic acids is 2. The van der Waals surface area contributed by atoms with Crippen LogP contribution in [-0.2, 0) is 4.79 Å². The summed E-state index contributed by atoms with van der Waals surface area (Å²) in [6, 6.07) is -0.306. The molecule has 3 amide bonds. The number of hydrogen-bond donors (Lipinski definition) is 0. The summed E-state index contributed by atoms with van der Waals surface area (Å²) in [5.41, 5.74) is 0. The molecule has 0 N–H and O–H groups in total. The minimum Gasteiger partial charge on any atom is -0.287 e. The molecule has 0 radical (unpaired) electrons. The summed E-state index contributed by atoms with van der Waals surface area (Å²) in [7, 11) is 1.49.